The molecule has 0 saturated heterocycles. The summed E-state index contributed by atoms with van der Waals surface area (Å²) in [5.41, 5.74) is 0. The van der Waals surface area contributed by atoms with Gasteiger partial charge in [0.2, 0.25) is 10.1 Å². The van der Waals surface area contributed by atoms with Crippen molar-refractivity contribution in [3.8, 4) is 12.3 Å². The monoisotopic (exact) mass is 221 g/mol. The molecule has 0 fully saturated rings. The largest absolute Gasteiger partial charge is 0.445 e. The van der Waals surface area contributed by atoms with Crippen LogP contribution in [0.2, 0.25) is 0 Å². The molecule has 1 rings (SSSR count). The van der Waals surface area contributed by atoms with Crippen LogP contribution in [0.15, 0.2) is 0 Å². The highest BCUT2D eigenvalue weighted by Gasteiger charge is 2.35. The second kappa shape index (κ2) is 3.84. The van der Waals surface area contributed by atoms with Crippen LogP contribution in [0.25, 0.3) is 0 Å². The molecule has 0 radical (unpaired) electrons. The zero-order valence-corrected chi connectivity index (χ0v) is 7.91. The zero-order chi connectivity index (χ0) is 10.8. The highest BCUT2D eigenvalue weighted by molar-refractivity contribution is 7.15. The van der Waals surface area contributed by atoms with Gasteiger partial charge in [-0.05, 0) is 6.92 Å². The first-order valence-electron chi connectivity index (χ1n) is 3.57. The average molecular weight is 221 g/mol. The molecule has 1 unspecified atom stereocenters. The lowest BCUT2D eigenvalue weighted by molar-refractivity contribution is -0.138. The number of rotatable bonds is 2. The first-order chi connectivity index (χ1) is 6.43. The fourth-order valence-corrected chi connectivity index (χ4v) is 1.32. The SMILES string of the molecule is C#CC(C)Nc1nnc(C(F)(F)F)s1. The Balaban J connectivity index is 2.75. The highest BCUT2D eigenvalue weighted by Crippen LogP contribution is 2.33. The van der Waals surface area contributed by atoms with E-state index in [1.807, 2.05) is 0 Å². The van der Waals surface area contributed by atoms with Gasteiger partial charge in [0.25, 0.3) is 0 Å². The molecule has 14 heavy (non-hydrogen) atoms. The van der Waals surface area contributed by atoms with Gasteiger partial charge in [0.1, 0.15) is 0 Å². The average Bonchev–Trinajstić information content (AvgIpc) is 2.51. The Morgan fingerprint density at radius 2 is 2.14 bits per heavy atom. The van der Waals surface area contributed by atoms with Crippen LogP contribution in [-0.2, 0) is 6.18 Å². The van der Waals surface area contributed by atoms with E-state index in [2.05, 4.69) is 21.4 Å². The molecule has 0 amide bonds. The van der Waals surface area contributed by atoms with Crippen LogP contribution in [0, 0.1) is 12.3 Å². The summed E-state index contributed by atoms with van der Waals surface area (Å²) in [7, 11) is 0. The van der Waals surface area contributed by atoms with Crippen molar-refractivity contribution >= 4 is 16.5 Å². The standard InChI is InChI=1S/C7H6F3N3S/c1-3-4(2)11-6-13-12-5(14-6)7(8,9)10/h1,4H,2H3,(H,11,13). The third kappa shape index (κ3) is 2.60. The van der Waals surface area contributed by atoms with Crippen molar-refractivity contribution in [2.24, 2.45) is 0 Å². The lowest BCUT2D eigenvalue weighted by Gasteiger charge is -2.02. The topological polar surface area (TPSA) is 37.8 Å². The summed E-state index contributed by atoms with van der Waals surface area (Å²) in [6, 6.07) is -0.371. The third-order valence-corrected chi connectivity index (χ3v) is 2.16. The summed E-state index contributed by atoms with van der Waals surface area (Å²) in [6.45, 7) is 1.63. The van der Waals surface area contributed by atoms with Gasteiger partial charge in [0.05, 0.1) is 6.04 Å². The minimum atomic E-state index is -4.45. The van der Waals surface area contributed by atoms with Gasteiger partial charge in [-0.15, -0.1) is 16.6 Å². The van der Waals surface area contributed by atoms with Gasteiger partial charge < -0.3 is 5.32 Å². The van der Waals surface area contributed by atoms with Crippen LogP contribution in [-0.4, -0.2) is 16.2 Å². The Morgan fingerprint density at radius 1 is 1.50 bits per heavy atom. The second-order valence-electron chi connectivity index (χ2n) is 2.44. The first kappa shape index (κ1) is 10.8. The molecule has 76 valence electrons. The molecule has 0 aliphatic heterocycles. The van der Waals surface area contributed by atoms with Gasteiger partial charge in [-0.25, -0.2) is 0 Å². The molecule has 1 heterocycles. The maximum absolute atomic E-state index is 12.1. The highest BCUT2D eigenvalue weighted by atomic mass is 32.1. The summed E-state index contributed by atoms with van der Waals surface area (Å²) in [4.78, 5) is 0. The Bertz CT molecular complexity index is 352. The van der Waals surface area contributed by atoms with Crippen LogP contribution < -0.4 is 5.32 Å². The second-order valence-corrected chi connectivity index (χ2v) is 3.42. The fraction of sp³-hybridized carbons (Fsp3) is 0.429. The van der Waals surface area contributed by atoms with Crippen molar-refractivity contribution in [2.75, 3.05) is 5.32 Å². The van der Waals surface area contributed by atoms with Gasteiger partial charge in [0.15, 0.2) is 0 Å². The van der Waals surface area contributed by atoms with Gasteiger partial charge in [-0.1, -0.05) is 17.3 Å². The molecule has 1 aromatic rings. The molecule has 3 nitrogen and oxygen atoms in total. The van der Waals surface area contributed by atoms with Crippen molar-refractivity contribution in [1.82, 2.24) is 10.2 Å². The quantitative estimate of drug-likeness (QED) is 0.776. The van der Waals surface area contributed by atoms with Crippen molar-refractivity contribution < 1.29 is 13.2 Å². The van der Waals surface area contributed by atoms with Crippen LogP contribution in [0.5, 0.6) is 0 Å². The number of nitrogens with one attached hydrogen (secondary N) is 1. The van der Waals surface area contributed by atoms with Crippen molar-refractivity contribution in [3.63, 3.8) is 0 Å². The Labute approximate surface area is 82.3 Å². The smallest absolute Gasteiger partial charge is 0.347 e. The third-order valence-electron chi connectivity index (χ3n) is 1.26. The predicted octanol–water partition coefficient (Wildman–Crippen LogP) is 1.99. The molecular weight excluding hydrogens is 215 g/mol. The number of anilines is 1. The molecular formula is C7H6F3N3S. The molecule has 1 N–H and O–H groups in total. The Kier molecular flexibility index (Phi) is 2.96. The van der Waals surface area contributed by atoms with E-state index in [9.17, 15) is 13.2 Å². The fourth-order valence-electron chi connectivity index (χ4n) is 0.623. The van der Waals surface area contributed by atoms with E-state index in [1.165, 1.54) is 0 Å². The first-order valence-corrected chi connectivity index (χ1v) is 4.38. The minimum Gasteiger partial charge on any atom is -0.347 e. The van der Waals surface area contributed by atoms with Gasteiger partial charge >= 0.3 is 6.18 Å². The number of halogens is 3. The number of terminal acetylenes is 1. The van der Waals surface area contributed by atoms with E-state index in [0.717, 1.165) is 0 Å². The zero-order valence-electron chi connectivity index (χ0n) is 7.09. The maximum Gasteiger partial charge on any atom is 0.445 e. The number of alkyl halides is 3. The van der Waals surface area contributed by atoms with E-state index in [0.29, 0.717) is 11.3 Å². The van der Waals surface area contributed by atoms with Gasteiger partial charge in [0, 0.05) is 0 Å². The van der Waals surface area contributed by atoms with Crippen LogP contribution in [0.3, 0.4) is 0 Å². The van der Waals surface area contributed by atoms with Crippen molar-refractivity contribution in [2.45, 2.75) is 19.1 Å². The predicted molar refractivity (Wildman–Crippen MR) is 46.8 cm³/mol. The van der Waals surface area contributed by atoms with Crippen LogP contribution >= 0.6 is 11.3 Å². The number of nitrogens with zero attached hydrogens (tertiary/aromatic N) is 2. The molecule has 7 heteroatoms. The summed E-state index contributed by atoms with van der Waals surface area (Å²) >= 11 is 0.430. The van der Waals surface area contributed by atoms with Crippen molar-refractivity contribution in [3.05, 3.63) is 5.01 Å². The molecule has 0 aromatic carbocycles. The van der Waals surface area contributed by atoms with E-state index >= 15 is 0 Å². The summed E-state index contributed by atoms with van der Waals surface area (Å²) < 4.78 is 36.2. The van der Waals surface area contributed by atoms with Crippen LogP contribution in [0.4, 0.5) is 18.3 Å². The molecule has 0 bridgehead atoms. The maximum atomic E-state index is 12.1. The van der Waals surface area contributed by atoms with E-state index in [4.69, 9.17) is 6.42 Å². The Morgan fingerprint density at radius 3 is 2.57 bits per heavy atom. The number of aromatic nitrogens is 2. The number of hydrogen-bond donors (Lipinski definition) is 1. The van der Waals surface area contributed by atoms with Gasteiger partial charge in [-0.2, -0.15) is 13.2 Å². The molecule has 0 spiro atoms. The van der Waals surface area contributed by atoms with E-state index in [-0.39, 0.29) is 11.2 Å². The summed E-state index contributed by atoms with van der Waals surface area (Å²) in [5.74, 6) is 2.31. The van der Waals surface area contributed by atoms with E-state index < -0.39 is 11.2 Å². The molecule has 1 aromatic heterocycles. The number of hydrogen-bond acceptors (Lipinski definition) is 4. The van der Waals surface area contributed by atoms with Crippen LogP contribution in [0.1, 0.15) is 11.9 Å². The lowest BCUT2D eigenvalue weighted by Crippen LogP contribution is -2.11. The van der Waals surface area contributed by atoms with Crippen molar-refractivity contribution in [1.29, 1.82) is 0 Å². The molecule has 1 atom stereocenters. The Hall–Kier alpha value is -1.29. The lowest BCUT2D eigenvalue weighted by atomic mass is 10.4. The normalized spacial score (nSPS) is 13.4. The summed E-state index contributed by atoms with van der Waals surface area (Å²) in [5, 5.41) is 7.98. The summed E-state index contributed by atoms with van der Waals surface area (Å²) in [6.07, 6.45) is 0.587. The minimum absolute atomic E-state index is 0.0720. The van der Waals surface area contributed by atoms with E-state index in [1.54, 1.807) is 6.92 Å². The molecule has 0 aliphatic carbocycles. The molecule has 0 aliphatic rings. The van der Waals surface area contributed by atoms with Gasteiger partial charge in [-0.3, -0.25) is 0 Å². The molecule has 0 saturated carbocycles.